The Labute approximate surface area is 117 Å². The Kier molecular flexibility index (Phi) is 4.32. The number of aliphatic hydroxyl groups excluding tert-OH is 1. The van der Waals surface area contributed by atoms with Gasteiger partial charge in [-0.25, -0.2) is 0 Å². The molecule has 1 aromatic rings. The molecule has 3 N–H and O–H groups in total. The van der Waals surface area contributed by atoms with Gasteiger partial charge in [0.15, 0.2) is 0 Å². The van der Waals surface area contributed by atoms with E-state index in [1.54, 1.807) is 6.07 Å². The van der Waals surface area contributed by atoms with Gasteiger partial charge in [0, 0.05) is 5.02 Å². The molecule has 0 unspecified atom stereocenters. The summed E-state index contributed by atoms with van der Waals surface area (Å²) in [6.07, 6.45) is 3.85. The van der Waals surface area contributed by atoms with Crippen LogP contribution in [-0.2, 0) is 11.2 Å². The lowest BCUT2D eigenvalue weighted by molar-refractivity contribution is -0.122. The second kappa shape index (κ2) is 5.80. The molecule has 0 atom stereocenters. The zero-order chi connectivity index (χ0) is 13.9. The SMILES string of the molecule is O=C(Cc1ccc(O)cc1Cl)NC1(CO)CCCC1. The molecule has 104 valence electrons. The van der Waals surface area contributed by atoms with Crippen LogP contribution < -0.4 is 5.32 Å². The molecule has 5 heteroatoms. The van der Waals surface area contributed by atoms with E-state index >= 15 is 0 Å². The van der Waals surface area contributed by atoms with Crippen molar-refractivity contribution in [1.82, 2.24) is 5.32 Å². The summed E-state index contributed by atoms with van der Waals surface area (Å²) >= 11 is 5.97. The fourth-order valence-electron chi connectivity index (χ4n) is 2.57. The van der Waals surface area contributed by atoms with Gasteiger partial charge in [-0.05, 0) is 30.5 Å². The van der Waals surface area contributed by atoms with Crippen LogP contribution in [0.15, 0.2) is 18.2 Å². The third-order valence-corrected chi connectivity index (χ3v) is 4.01. The molecule has 1 aromatic carbocycles. The third-order valence-electron chi connectivity index (χ3n) is 3.66. The lowest BCUT2D eigenvalue weighted by Gasteiger charge is -2.28. The minimum absolute atomic E-state index is 0.0257. The maximum atomic E-state index is 12.0. The Balaban J connectivity index is 2.01. The normalized spacial score (nSPS) is 17.4. The second-order valence-corrected chi connectivity index (χ2v) is 5.55. The number of carbonyl (C=O) groups is 1. The van der Waals surface area contributed by atoms with Gasteiger partial charge in [-0.2, -0.15) is 0 Å². The van der Waals surface area contributed by atoms with Gasteiger partial charge < -0.3 is 15.5 Å². The number of nitrogens with one attached hydrogen (secondary N) is 1. The molecule has 0 spiro atoms. The van der Waals surface area contributed by atoms with Crippen LogP contribution in [0.2, 0.25) is 5.02 Å². The molecule has 0 radical (unpaired) electrons. The monoisotopic (exact) mass is 283 g/mol. The van der Waals surface area contributed by atoms with Crippen molar-refractivity contribution in [2.45, 2.75) is 37.6 Å². The first-order valence-corrected chi connectivity index (χ1v) is 6.82. The molecule has 0 bridgehead atoms. The van der Waals surface area contributed by atoms with E-state index in [-0.39, 0.29) is 24.7 Å². The van der Waals surface area contributed by atoms with E-state index in [0.29, 0.717) is 10.6 Å². The Morgan fingerprint density at radius 3 is 2.63 bits per heavy atom. The smallest absolute Gasteiger partial charge is 0.224 e. The second-order valence-electron chi connectivity index (χ2n) is 5.15. The summed E-state index contributed by atoms with van der Waals surface area (Å²) in [5, 5.41) is 22.0. The van der Waals surface area contributed by atoms with Gasteiger partial charge in [-0.1, -0.05) is 30.5 Å². The molecule has 0 heterocycles. The van der Waals surface area contributed by atoms with Crippen molar-refractivity contribution in [2.24, 2.45) is 0 Å². The number of amides is 1. The number of hydrogen-bond acceptors (Lipinski definition) is 3. The Bertz CT molecular complexity index is 470. The Hall–Kier alpha value is -1.26. The minimum atomic E-state index is -0.458. The molecule has 0 aliphatic heterocycles. The van der Waals surface area contributed by atoms with E-state index in [9.17, 15) is 15.0 Å². The van der Waals surface area contributed by atoms with Gasteiger partial charge in [0.25, 0.3) is 0 Å². The number of carbonyl (C=O) groups excluding carboxylic acids is 1. The lowest BCUT2D eigenvalue weighted by atomic mass is 9.98. The van der Waals surface area contributed by atoms with E-state index in [1.807, 2.05) is 0 Å². The maximum absolute atomic E-state index is 12.0. The van der Waals surface area contributed by atoms with Gasteiger partial charge in [0.2, 0.25) is 5.91 Å². The van der Waals surface area contributed by atoms with Crippen LogP contribution in [0.3, 0.4) is 0 Å². The average molecular weight is 284 g/mol. The van der Waals surface area contributed by atoms with Crippen LogP contribution >= 0.6 is 11.6 Å². The van der Waals surface area contributed by atoms with Crippen molar-refractivity contribution in [3.05, 3.63) is 28.8 Å². The van der Waals surface area contributed by atoms with E-state index in [4.69, 9.17) is 11.6 Å². The van der Waals surface area contributed by atoms with Gasteiger partial charge in [-0.15, -0.1) is 0 Å². The topological polar surface area (TPSA) is 69.6 Å². The van der Waals surface area contributed by atoms with Crippen molar-refractivity contribution in [1.29, 1.82) is 0 Å². The van der Waals surface area contributed by atoms with Crippen LogP contribution in [-0.4, -0.2) is 28.3 Å². The van der Waals surface area contributed by atoms with Crippen molar-refractivity contribution >= 4 is 17.5 Å². The molecule has 19 heavy (non-hydrogen) atoms. The number of phenols is 1. The van der Waals surface area contributed by atoms with Gasteiger partial charge >= 0.3 is 0 Å². The molecule has 0 aromatic heterocycles. The first-order chi connectivity index (χ1) is 9.04. The predicted octanol–water partition coefficient (Wildman–Crippen LogP) is 2.01. The average Bonchev–Trinajstić information content (AvgIpc) is 2.82. The summed E-state index contributed by atoms with van der Waals surface area (Å²) in [6.45, 7) is -0.0257. The van der Waals surface area contributed by atoms with Gasteiger partial charge in [0.05, 0.1) is 18.6 Å². The van der Waals surface area contributed by atoms with Crippen LogP contribution in [0.25, 0.3) is 0 Å². The molecule has 1 aliphatic carbocycles. The Morgan fingerprint density at radius 1 is 1.37 bits per heavy atom. The number of aliphatic hydroxyl groups is 1. The summed E-state index contributed by atoms with van der Waals surface area (Å²) in [6, 6.07) is 4.56. The van der Waals surface area contributed by atoms with Crippen molar-refractivity contribution < 1.29 is 15.0 Å². The van der Waals surface area contributed by atoms with Crippen molar-refractivity contribution in [2.75, 3.05) is 6.61 Å². The van der Waals surface area contributed by atoms with Crippen LogP contribution in [0.1, 0.15) is 31.2 Å². The number of benzene rings is 1. The fraction of sp³-hybridized carbons (Fsp3) is 0.500. The first-order valence-electron chi connectivity index (χ1n) is 6.44. The van der Waals surface area contributed by atoms with E-state index in [0.717, 1.165) is 25.7 Å². The largest absolute Gasteiger partial charge is 0.508 e. The van der Waals surface area contributed by atoms with Crippen molar-refractivity contribution in [3.8, 4) is 5.75 Å². The molecule has 0 saturated heterocycles. The summed E-state index contributed by atoms with van der Waals surface area (Å²) < 4.78 is 0. The van der Waals surface area contributed by atoms with Gasteiger partial charge in [0.1, 0.15) is 5.75 Å². The summed E-state index contributed by atoms with van der Waals surface area (Å²) in [5.74, 6) is -0.0691. The third kappa shape index (κ3) is 3.39. The minimum Gasteiger partial charge on any atom is -0.508 e. The molecule has 1 saturated carbocycles. The highest BCUT2D eigenvalue weighted by atomic mass is 35.5. The van der Waals surface area contributed by atoms with Crippen molar-refractivity contribution in [3.63, 3.8) is 0 Å². The highest BCUT2D eigenvalue weighted by Gasteiger charge is 2.34. The zero-order valence-corrected chi connectivity index (χ0v) is 11.4. The van der Waals surface area contributed by atoms with E-state index in [2.05, 4.69) is 5.32 Å². The number of rotatable bonds is 4. The molecular weight excluding hydrogens is 266 g/mol. The predicted molar refractivity (Wildman–Crippen MR) is 73.2 cm³/mol. The number of phenolic OH excluding ortho intramolecular Hbond substituents is 1. The molecular formula is C14H18ClNO3. The summed E-state index contributed by atoms with van der Waals surface area (Å²) in [7, 11) is 0. The highest BCUT2D eigenvalue weighted by Crippen LogP contribution is 2.29. The molecule has 1 amide bonds. The number of halogens is 1. The van der Waals surface area contributed by atoms with E-state index in [1.165, 1.54) is 12.1 Å². The highest BCUT2D eigenvalue weighted by molar-refractivity contribution is 6.31. The van der Waals surface area contributed by atoms with Crippen LogP contribution in [0.4, 0.5) is 0 Å². The van der Waals surface area contributed by atoms with Crippen LogP contribution in [0, 0.1) is 0 Å². The maximum Gasteiger partial charge on any atom is 0.224 e. The zero-order valence-electron chi connectivity index (χ0n) is 10.7. The first kappa shape index (κ1) is 14.2. The summed E-state index contributed by atoms with van der Waals surface area (Å²) in [4.78, 5) is 12.0. The molecule has 2 rings (SSSR count). The number of aromatic hydroxyl groups is 1. The summed E-state index contributed by atoms with van der Waals surface area (Å²) in [5.41, 5.74) is 0.212. The fourth-order valence-corrected chi connectivity index (χ4v) is 2.81. The van der Waals surface area contributed by atoms with Gasteiger partial charge in [-0.3, -0.25) is 4.79 Å². The van der Waals surface area contributed by atoms with E-state index < -0.39 is 5.54 Å². The van der Waals surface area contributed by atoms with Crippen LogP contribution in [0.5, 0.6) is 5.75 Å². The molecule has 1 fully saturated rings. The number of hydrogen-bond donors (Lipinski definition) is 3. The Morgan fingerprint density at radius 2 is 2.05 bits per heavy atom. The standard InChI is InChI=1S/C14H18ClNO3/c15-12-8-11(18)4-3-10(12)7-13(19)16-14(9-17)5-1-2-6-14/h3-4,8,17-18H,1-2,5-7,9H2,(H,16,19). The molecule has 4 nitrogen and oxygen atoms in total. The molecule has 1 aliphatic rings. The quantitative estimate of drug-likeness (QED) is 0.792. The lowest BCUT2D eigenvalue weighted by Crippen LogP contribution is -2.49.